The summed E-state index contributed by atoms with van der Waals surface area (Å²) >= 11 is 0. The summed E-state index contributed by atoms with van der Waals surface area (Å²) in [4.78, 5) is 0. The summed E-state index contributed by atoms with van der Waals surface area (Å²) in [5.74, 6) is 2.52. The molecule has 0 aliphatic heterocycles. The molecular weight excluding hydrogens is 120 g/mol. The van der Waals surface area contributed by atoms with E-state index in [-0.39, 0.29) is 0 Å². The van der Waals surface area contributed by atoms with E-state index < -0.39 is 0 Å². The fourth-order valence-electron chi connectivity index (χ4n) is 0.767. The van der Waals surface area contributed by atoms with Gasteiger partial charge in [-0.05, 0) is 30.2 Å². The zero-order valence-electron chi connectivity index (χ0n) is 6.02. The van der Waals surface area contributed by atoms with Crippen LogP contribution in [0.3, 0.4) is 0 Å². The monoisotopic (exact) mass is 129 g/mol. The van der Waals surface area contributed by atoms with Gasteiger partial charge in [0.05, 0.1) is 0 Å². The van der Waals surface area contributed by atoms with Crippen molar-refractivity contribution in [1.29, 1.82) is 0 Å². The smallest absolute Gasteiger partial charge is 0.0321 e. The van der Waals surface area contributed by atoms with Crippen LogP contribution < -0.4 is 0 Å². The van der Waals surface area contributed by atoms with Crippen molar-refractivity contribution < 1.29 is 0 Å². The van der Waals surface area contributed by atoms with E-state index in [0.29, 0.717) is 0 Å². The number of benzene rings is 1. The lowest BCUT2D eigenvalue weighted by molar-refractivity contribution is 1.14. The average molecular weight is 129 g/mol. The summed E-state index contributed by atoms with van der Waals surface area (Å²) in [6, 6.07) is 8.89. The van der Waals surface area contributed by atoms with Crippen LogP contribution in [0.25, 0.3) is 0 Å². The minimum Gasteiger partial charge on any atom is -0.115 e. The minimum atomic E-state index is 0.831. The summed E-state index contributed by atoms with van der Waals surface area (Å²) in [5, 5.41) is 0. The molecular formula is C10H9. The highest BCUT2D eigenvalue weighted by Gasteiger charge is 1.87. The number of aryl methyl sites for hydroxylation is 1. The quantitative estimate of drug-likeness (QED) is 0.509. The lowest BCUT2D eigenvalue weighted by Crippen LogP contribution is -1.79. The first-order valence-electron chi connectivity index (χ1n) is 3.34. The maximum atomic E-state index is 5.16. The van der Waals surface area contributed by atoms with Gasteiger partial charge in [0.2, 0.25) is 0 Å². The zero-order valence-corrected chi connectivity index (χ0v) is 6.02. The largest absolute Gasteiger partial charge is 0.115 e. The van der Waals surface area contributed by atoms with Crippen LogP contribution in [0, 0.1) is 18.4 Å². The van der Waals surface area contributed by atoms with Crippen molar-refractivity contribution in [3.63, 3.8) is 0 Å². The molecule has 0 amide bonds. The van der Waals surface area contributed by atoms with Crippen LogP contribution in [0.2, 0.25) is 0 Å². The molecule has 1 rings (SSSR count). The van der Waals surface area contributed by atoms with Crippen LogP contribution in [-0.2, 0) is 6.42 Å². The first kappa shape index (κ1) is 6.89. The molecule has 0 heterocycles. The number of rotatable bonds is 1. The molecule has 0 nitrogen and oxygen atoms in total. The standard InChI is InChI=1S/C10H9/c1-3-9-5-7-10(4-2)8-6-9/h1,5,7-8H,4H2,2H3. The third kappa shape index (κ3) is 1.39. The van der Waals surface area contributed by atoms with E-state index in [4.69, 9.17) is 6.42 Å². The molecule has 0 N–H and O–H groups in total. The lowest BCUT2D eigenvalue weighted by atomic mass is 10.1. The summed E-state index contributed by atoms with van der Waals surface area (Å²) in [6.07, 6.45) is 6.20. The van der Waals surface area contributed by atoms with Gasteiger partial charge in [0.1, 0.15) is 0 Å². The van der Waals surface area contributed by atoms with E-state index in [1.807, 2.05) is 18.2 Å². The van der Waals surface area contributed by atoms with Crippen LogP contribution in [-0.4, -0.2) is 0 Å². The third-order valence-electron chi connectivity index (χ3n) is 1.44. The fourth-order valence-corrected chi connectivity index (χ4v) is 0.767. The molecule has 0 saturated heterocycles. The Kier molecular flexibility index (Phi) is 2.12. The minimum absolute atomic E-state index is 0.831. The first-order valence-corrected chi connectivity index (χ1v) is 3.34. The third-order valence-corrected chi connectivity index (χ3v) is 1.44. The Labute approximate surface area is 61.9 Å². The molecule has 49 valence electrons. The molecule has 0 aliphatic carbocycles. The van der Waals surface area contributed by atoms with Gasteiger partial charge in [0.15, 0.2) is 0 Å². The lowest BCUT2D eigenvalue weighted by Gasteiger charge is -1.93. The highest BCUT2D eigenvalue weighted by molar-refractivity contribution is 5.32. The number of hydrogen-bond acceptors (Lipinski definition) is 0. The van der Waals surface area contributed by atoms with Gasteiger partial charge in [-0.3, -0.25) is 0 Å². The molecule has 0 saturated carbocycles. The van der Waals surface area contributed by atoms with Crippen LogP contribution in [0.4, 0.5) is 0 Å². The Morgan fingerprint density at radius 1 is 1.60 bits per heavy atom. The summed E-state index contributed by atoms with van der Waals surface area (Å²) in [6.45, 7) is 2.11. The molecule has 0 bridgehead atoms. The molecule has 0 heteroatoms. The Bertz CT molecular complexity index is 236. The molecule has 0 fully saturated rings. The van der Waals surface area contributed by atoms with Crippen LogP contribution in [0.15, 0.2) is 18.2 Å². The van der Waals surface area contributed by atoms with Crippen LogP contribution in [0.5, 0.6) is 0 Å². The number of hydrogen-bond donors (Lipinski definition) is 0. The predicted octanol–water partition coefficient (Wildman–Crippen LogP) is 2.03. The molecule has 1 aromatic carbocycles. The van der Waals surface area contributed by atoms with Crippen LogP contribution >= 0.6 is 0 Å². The van der Waals surface area contributed by atoms with Crippen molar-refractivity contribution in [2.24, 2.45) is 0 Å². The summed E-state index contributed by atoms with van der Waals surface area (Å²) in [5.41, 5.74) is 2.11. The summed E-state index contributed by atoms with van der Waals surface area (Å²) in [7, 11) is 0. The van der Waals surface area contributed by atoms with E-state index in [0.717, 1.165) is 12.0 Å². The van der Waals surface area contributed by atoms with Gasteiger partial charge >= 0.3 is 0 Å². The molecule has 0 aromatic heterocycles. The topological polar surface area (TPSA) is 0 Å². The maximum Gasteiger partial charge on any atom is 0.0321 e. The molecule has 1 radical (unpaired) electrons. The zero-order chi connectivity index (χ0) is 7.40. The molecule has 0 unspecified atom stereocenters. The van der Waals surface area contributed by atoms with Crippen molar-refractivity contribution in [3.8, 4) is 12.3 Å². The SMILES string of the molecule is C#Cc1[c]cc(CC)cc1. The van der Waals surface area contributed by atoms with Gasteiger partial charge in [0.25, 0.3) is 0 Å². The molecule has 0 spiro atoms. The predicted molar refractivity (Wildman–Crippen MR) is 42.6 cm³/mol. The van der Waals surface area contributed by atoms with Gasteiger partial charge in [0, 0.05) is 5.56 Å². The van der Waals surface area contributed by atoms with E-state index >= 15 is 0 Å². The van der Waals surface area contributed by atoms with E-state index in [1.165, 1.54) is 5.56 Å². The Morgan fingerprint density at radius 2 is 2.40 bits per heavy atom. The van der Waals surface area contributed by atoms with Crippen molar-refractivity contribution >= 4 is 0 Å². The van der Waals surface area contributed by atoms with Crippen molar-refractivity contribution in [2.75, 3.05) is 0 Å². The normalized spacial score (nSPS) is 8.80. The van der Waals surface area contributed by atoms with Gasteiger partial charge in [-0.2, -0.15) is 0 Å². The number of terminal acetylenes is 1. The fraction of sp³-hybridized carbons (Fsp3) is 0.200. The van der Waals surface area contributed by atoms with Gasteiger partial charge < -0.3 is 0 Å². The van der Waals surface area contributed by atoms with Crippen LogP contribution in [0.1, 0.15) is 18.1 Å². The Morgan fingerprint density at radius 3 is 2.80 bits per heavy atom. The molecule has 10 heavy (non-hydrogen) atoms. The summed E-state index contributed by atoms with van der Waals surface area (Å²) < 4.78 is 0. The van der Waals surface area contributed by atoms with Crippen molar-refractivity contribution in [1.82, 2.24) is 0 Å². The molecule has 0 atom stereocenters. The first-order chi connectivity index (χ1) is 4.86. The molecule has 0 aliphatic rings. The second-order valence-corrected chi connectivity index (χ2v) is 2.11. The second-order valence-electron chi connectivity index (χ2n) is 2.11. The Balaban J connectivity index is 2.93. The van der Waals surface area contributed by atoms with Gasteiger partial charge in [-0.1, -0.05) is 18.9 Å². The van der Waals surface area contributed by atoms with Crippen molar-refractivity contribution in [3.05, 3.63) is 35.4 Å². The Hall–Kier alpha value is -1.22. The van der Waals surface area contributed by atoms with E-state index in [9.17, 15) is 0 Å². The highest BCUT2D eigenvalue weighted by Crippen LogP contribution is 2.01. The molecule has 1 aromatic rings. The second kappa shape index (κ2) is 3.08. The maximum absolute atomic E-state index is 5.16. The van der Waals surface area contributed by atoms with E-state index in [1.54, 1.807) is 0 Å². The van der Waals surface area contributed by atoms with Gasteiger partial charge in [-0.25, -0.2) is 0 Å². The van der Waals surface area contributed by atoms with Crippen molar-refractivity contribution in [2.45, 2.75) is 13.3 Å². The average Bonchev–Trinajstić information content (AvgIpc) is 2.05. The van der Waals surface area contributed by atoms with E-state index in [2.05, 4.69) is 18.9 Å². The highest BCUT2D eigenvalue weighted by atomic mass is 13.9. The van der Waals surface area contributed by atoms with Gasteiger partial charge in [-0.15, -0.1) is 6.42 Å².